The summed E-state index contributed by atoms with van der Waals surface area (Å²) >= 11 is 0. The molecule has 3 rings (SSSR count). The largest absolute Gasteiger partial charge is 0.363 e. The number of primary amides is 1. The third-order valence-corrected chi connectivity index (χ3v) is 4.95. The standard InChI is InChI=1S/C19H26N6O/c1-11-7-15(9-21-8-11)14(4)22-16-5-6-25(10-16)19-12(2)13(3)23-18(24-19)17(20)26/h7-9,14,16,22H,5-6,10H2,1-4H3,(H2,20,26)/t14?,16-/m1/s1. The highest BCUT2D eigenvalue weighted by molar-refractivity contribution is 5.89. The van der Waals surface area contributed by atoms with Crippen LogP contribution in [0.25, 0.3) is 0 Å². The lowest BCUT2D eigenvalue weighted by Crippen LogP contribution is -2.35. The van der Waals surface area contributed by atoms with Gasteiger partial charge in [0, 0.05) is 48.8 Å². The monoisotopic (exact) mass is 354 g/mol. The lowest BCUT2D eigenvalue weighted by Gasteiger charge is -2.23. The van der Waals surface area contributed by atoms with Gasteiger partial charge in [-0.2, -0.15) is 0 Å². The number of rotatable bonds is 5. The Morgan fingerprint density at radius 2 is 2.08 bits per heavy atom. The smallest absolute Gasteiger partial charge is 0.286 e. The molecule has 1 aliphatic heterocycles. The molecular formula is C19H26N6O. The second-order valence-corrected chi connectivity index (χ2v) is 7.06. The molecule has 0 aliphatic carbocycles. The lowest BCUT2D eigenvalue weighted by molar-refractivity contribution is 0.0990. The number of anilines is 1. The molecule has 0 spiro atoms. The summed E-state index contributed by atoms with van der Waals surface area (Å²) in [6, 6.07) is 2.73. The molecule has 3 N–H and O–H groups in total. The highest BCUT2D eigenvalue weighted by Crippen LogP contribution is 2.25. The third-order valence-electron chi connectivity index (χ3n) is 4.95. The van der Waals surface area contributed by atoms with Crippen molar-refractivity contribution in [3.05, 3.63) is 46.7 Å². The van der Waals surface area contributed by atoms with Gasteiger partial charge in [-0.25, -0.2) is 9.97 Å². The number of aromatic nitrogens is 3. The summed E-state index contributed by atoms with van der Waals surface area (Å²) < 4.78 is 0. The van der Waals surface area contributed by atoms with Crippen LogP contribution in [-0.4, -0.2) is 40.0 Å². The van der Waals surface area contributed by atoms with Crippen LogP contribution in [0.2, 0.25) is 0 Å². The molecule has 7 nitrogen and oxygen atoms in total. The second-order valence-electron chi connectivity index (χ2n) is 7.06. The van der Waals surface area contributed by atoms with Gasteiger partial charge in [0.25, 0.3) is 5.91 Å². The lowest BCUT2D eigenvalue weighted by atomic mass is 10.1. The van der Waals surface area contributed by atoms with Crippen molar-refractivity contribution in [3.63, 3.8) is 0 Å². The third kappa shape index (κ3) is 3.83. The van der Waals surface area contributed by atoms with Gasteiger partial charge >= 0.3 is 0 Å². The maximum absolute atomic E-state index is 11.5. The Kier molecular flexibility index (Phi) is 5.18. The molecule has 2 aromatic heterocycles. The van der Waals surface area contributed by atoms with Crippen molar-refractivity contribution >= 4 is 11.7 Å². The minimum Gasteiger partial charge on any atom is -0.363 e. The zero-order valence-corrected chi connectivity index (χ0v) is 15.8. The fourth-order valence-corrected chi connectivity index (χ4v) is 3.39. The van der Waals surface area contributed by atoms with Gasteiger partial charge in [0.05, 0.1) is 0 Å². The van der Waals surface area contributed by atoms with Gasteiger partial charge < -0.3 is 16.0 Å². The van der Waals surface area contributed by atoms with E-state index in [2.05, 4.69) is 45.1 Å². The van der Waals surface area contributed by atoms with Crippen molar-refractivity contribution < 1.29 is 4.79 Å². The van der Waals surface area contributed by atoms with Gasteiger partial charge in [0.1, 0.15) is 5.82 Å². The van der Waals surface area contributed by atoms with Crippen molar-refractivity contribution in [3.8, 4) is 0 Å². The van der Waals surface area contributed by atoms with Crippen LogP contribution in [0.4, 0.5) is 5.82 Å². The molecule has 1 aliphatic rings. The summed E-state index contributed by atoms with van der Waals surface area (Å²) in [6.45, 7) is 9.79. The zero-order valence-electron chi connectivity index (χ0n) is 15.8. The first-order valence-corrected chi connectivity index (χ1v) is 8.92. The minimum atomic E-state index is -0.594. The predicted molar refractivity (Wildman–Crippen MR) is 101 cm³/mol. The summed E-state index contributed by atoms with van der Waals surface area (Å²) in [4.78, 5) is 26.6. The van der Waals surface area contributed by atoms with Crippen LogP contribution in [0.15, 0.2) is 18.5 Å². The van der Waals surface area contributed by atoms with Gasteiger partial charge in [-0.15, -0.1) is 0 Å². The fourth-order valence-electron chi connectivity index (χ4n) is 3.39. The summed E-state index contributed by atoms with van der Waals surface area (Å²) in [5.74, 6) is 0.294. The molecule has 3 heterocycles. The molecule has 0 saturated carbocycles. The van der Waals surface area contributed by atoms with Crippen LogP contribution in [0.5, 0.6) is 0 Å². The highest BCUT2D eigenvalue weighted by Gasteiger charge is 2.27. The molecule has 1 fully saturated rings. The van der Waals surface area contributed by atoms with E-state index in [0.29, 0.717) is 6.04 Å². The second kappa shape index (κ2) is 7.37. The average molecular weight is 354 g/mol. The Morgan fingerprint density at radius 1 is 1.31 bits per heavy atom. The molecule has 0 radical (unpaired) electrons. The predicted octanol–water partition coefficient (Wildman–Crippen LogP) is 1.83. The number of carbonyl (C=O) groups is 1. The maximum Gasteiger partial charge on any atom is 0.286 e. The van der Waals surface area contributed by atoms with Gasteiger partial charge in [-0.3, -0.25) is 9.78 Å². The molecule has 1 unspecified atom stereocenters. The number of aryl methyl sites for hydroxylation is 2. The molecule has 0 aromatic carbocycles. The Balaban J connectivity index is 1.72. The first kappa shape index (κ1) is 18.3. The van der Waals surface area contributed by atoms with E-state index in [1.807, 2.05) is 26.2 Å². The first-order valence-electron chi connectivity index (χ1n) is 8.92. The quantitative estimate of drug-likeness (QED) is 0.850. The molecule has 0 bridgehead atoms. The number of nitrogens with zero attached hydrogens (tertiary/aromatic N) is 4. The van der Waals surface area contributed by atoms with Gasteiger partial charge in [0.2, 0.25) is 5.82 Å². The van der Waals surface area contributed by atoms with Crippen molar-refractivity contribution in [1.82, 2.24) is 20.3 Å². The summed E-state index contributed by atoms with van der Waals surface area (Å²) in [5, 5.41) is 3.68. The summed E-state index contributed by atoms with van der Waals surface area (Å²) in [6.07, 6.45) is 4.79. The van der Waals surface area contributed by atoms with E-state index in [1.165, 1.54) is 5.56 Å². The van der Waals surface area contributed by atoms with Crippen LogP contribution in [-0.2, 0) is 0 Å². The first-order chi connectivity index (χ1) is 12.3. The Labute approximate surface area is 154 Å². The number of pyridine rings is 1. The van der Waals surface area contributed by atoms with Gasteiger partial charge in [0.15, 0.2) is 0 Å². The molecular weight excluding hydrogens is 328 g/mol. The fraction of sp³-hybridized carbons (Fsp3) is 0.474. The van der Waals surface area contributed by atoms with E-state index < -0.39 is 5.91 Å². The van der Waals surface area contributed by atoms with Crippen molar-refractivity contribution in [1.29, 1.82) is 0 Å². The molecule has 7 heteroatoms. The number of nitrogens with two attached hydrogens (primary N) is 1. The minimum absolute atomic E-state index is 0.0821. The SMILES string of the molecule is Cc1cncc(C(C)N[C@@H]2CCN(c3nc(C(N)=O)nc(C)c3C)C2)c1. The van der Waals surface area contributed by atoms with E-state index in [9.17, 15) is 4.79 Å². The van der Waals surface area contributed by atoms with Gasteiger partial charge in [-0.05, 0) is 45.2 Å². The van der Waals surface area contributed by atoms with E-state index in [4.69, 9.17) is 5.73 Å². The van der Waals surface area contributed by atoms with E-state index in [0.717, 1.165) is 42.1 Å². The Hall–Kier alpha value is -2.54. The van der Waals surface area contributed by atoms with Crippen LogP contribution < -0.4 is 16.0 Å². The Bertz CT molecular complexity index is 822. The van der Waals surface area contributed by atoms with Crippen LogP contribution >= 0.6 is 0 Å². The number of amides is 1. The van der Waals surface area contributed by atoms with Crippen molar-refractivity contribution in [2.24, 2.45) is 5.73 Å². The molecule has 138 valence electrons. The van der Waals surface area contributed by atoms with E-state index in [-0.39, 0.29) is 11.9 Å². The van der Waals surface area contributed by atoms with Gasteiger partial charge in [-0.1, -0.05) is 6.07 Å². The number of hydrogen-bond donors (Lipinski definition) is 2. The molecule has 1 saturated heterocycles. The van der Waals surface area contributed by atoms with E-state index >= 15 is 0 Å². The van der Waals surface area contributed by atoms with E-state index in [1.54, 1.807) is 0 Å². The highest BCUT2D eigenvalue weighted by atomic mass is 16.1. The van der Waals surface area contributed by atoms with Crippen molar-refractivity contribution in [2.75, 3.05) is 18.0 Å². The molecule has 2 atom stereocenters. The topological polar surface area (TPSA) is 97.0 Å². The molecule has 2 aromatic rings. The van der Waals surface area contributed by atoms with Crippen LogP contribution in [0, 0.1) is 20.8 Å². The number of nitrogens with one attached hydrogen (secondary N) is 1. The molecule has 1 amide bonds. The Morgan fingerprint density at radius 3 is 2.77 bits per heavy atom. The van der Waals surface area contributed by atoms with Crippen LogP contribution in [0.1, 0.15) is 52.4 Å². The number of carbonyl (C=O) groups excluding carboxylic acids is 1. The van der Waals surface area contributed by atoms with Crippen LogP contribution in [0.3, 0.4) is 0 Å². The maximum atomic E-state index is 11.5. The summed E-state index contributed by atoms with van der Waals surface area (Å²) in [5.41, 5.74) is 9.50. The zero-order chi connectivity index (χ0) is 18.8. The summed E-state index contributed by atoms with van der Waals surface area (Å²) in [7, 11) is 0. The molecule has 26 heavy (non-hydrogen) atoms. The van der Waals surface area contributed by atoms with Crippen molar-refractivity contribution in [2.45, 2.75) is 46.2 Å². The average Bonchev–Trinajstić information content (AvgIpc) is 3.05. The number of hydrogen-bond acceptors (Lipinski definition) is 6. The normalized spacial score (nSPS) is 18.2.